The molecule has 1 saturated heterocycles. The molecule has 25 heavy (non-hydrogen) atoms. The molecule has 2 heterocycles. The van der Waals surface area contributed by atoms with Gasteiger partial charge < -0.3 is 9.52 Å². The number of halogens is 2. The molecule has 1 aliphatic rings. The second kappa shape index (κ2) is 7.21. The molecule has 0 atom stereocenters. The lowest BCUT2D eigenvalue weighted by Gasteiger charge is -2.09. The largest absolute Gasteiger partial charge is 0.480 e. The van der Waals surface area contributed by atoms with Gasteiger partial charge in [0.05, 0.1) is 9.93 Å². The highest BCUT2D eigenvalue weighted by Crippen LogP contribution is 2.35. The van der Waals surface area contributed by atoms with Crippen LogP contribution in [0, 0.1) is 0 Å². The molecule has 5 nitrogen and oxygen atoms in total. The van der Waals surface area contributed by atoms with Crippen LogP contribution in [0.1, 0.15) is 5.76 Å². The van der Waals surface area contributed by atoms with Gasteiger partial charge in [-0.25, -0.2) is 0 Å². The summed E-state index contributed by atoms with van der Waals surface area (Å²) in [6.07, 6.45) is 1.52. The molecule has 0 saturated carbocycles. The molecule has 128 valence electrons. The fraction of sp³-hybridized carbons (Fsp3) is 0.0625. The number of nitrogens with zero attached hydrogens (tertiary/aromatic N) is 1. The first-order valence-electron chi connectivity index (χ1n) is 6.87. The van der Waals surface area contributed by atoms with Gasteiger partial charge in [0.2, 0.25) is 0 Å². The van der Waals surface area contributed by atoms with E-state index in [1.165, 1.54) is 6.08 Å². The Labute approximate surface area is 162 Å². The number of benzene rings is 1. The first-order valence-corrected chi connectivity index (χ1v) is 8.85. The predicted octanol–water partition coefficient (Wildman–Crippen LogP) is 4.54. The van der Waals surface area contributed by atoms with Crippen LogP contribution in [0.5, 0.6) is 0 Å². The minimum Gasteiger partial charge on any atom is -0.480 e. The molecule has 0 bridgehead atoms. The zero-order chi connectivity index (χ0) is 18.1. The Bertz CT molecular complexity index is 923. The third-order valence-electron chi connectivity index (χ3n) is 3.26. The first kappa shape index (κ1) is 18.0. The molecule has 1 aliphatic heterocycles. The number of hydrogen-bond donors (Lipinski definition) is 1. The molecule has 3 rings (SSSR count). The Morgan fingerprint density at radius 3 is 2.76 bits per heavy atom. The first-order chi connectivity index (χ1) is 11.8. The molecule has 0 radical (unpaired) electrons. The lowest BCUT2D eigenvalue weighted by molar-refractivity contribution is -0.140. The van der Waals surface area contributed by atoms with Crippen molar-refractivity contribution in [3.63, 3.8) is 0 Å². The standard InChI is InChI=1S/C16H9Cl2NO4S2/c17-8-1-3-10(11(18)5-8)12-4-2-9(23-12)6-13-15(22)19(7-14(20)21)16(24)25-13/h1-6H,7H2,(H,20,21)/b13-6+. The number of furan rings is 1. The third-order valence-corrected chi connectivity index (χ3v) is 5.19. The van der Waals surface area contributed by atoms with Gasteiger partial charge >= 0.3 is 5.97 Å². The maximum Gasteiger partial charge on any atom is 0.323 e. The summed E-state index contributed by atoms with van der Waals surface area (Å²) in [5, 5.41) is 9.80. The number of carbonyl (C=O) groups excluding carboxylic acids is 1. The Morgan fingerprint density at radius 2 is 2.08 bits per heavy atom. The summed E-state index contributed by atoms with van der Waals surface area (Å²) in [5.74, 6) is -0.638. The number of hydrogen-bond acceptors (Lipinski definition) is 5. The second-order valence-electron chi connectivity index (χ2n) is 4.99. The Hall–Kier alpha value is -1.80. The third kappa shape index (κ3) is 3.90. The summed E-state index contributed by atoms with van der Waals surface area (Å²) in [4.78, 5) is 24.4. The smallest absolute Gasteiger partial charge is 0.323 e. The van der Waals surface area contributed by atoms with Gasteiger partial charge in [-0.1, -0.05) is 47.2 Å². The van der Waals surface area contributed by atoms with Crippen molar-refractivity contribution in [2.45, 2.75) is 0 Å². The summed E-state index contributed by atoms with van der Waals surface area (Å²) in [6.45, 7) is -0.466. The van der Waals surface area contributed by atoms with E-state index >= 15 is 0 Å². The van der Waals surface area contributed by atoms with Gasteiger partial charge in [0.25, 0.3) is 5.91 Å². The van der Waals surface area contributed by atoms with Crippen LogP contribution >= 0.6 is 47.2 Å². The lowest BCUT2D eigenvalue weighted by atomic mass is 10.2. The fourth-order valence-electron chi connectivity index (χ4n) is 2.17. The minimum absolute atomic E-state index is 0.200. The molecular weight excluding hydrogens is 405 g/mol. The van der Waals surface area contributed by atoms with E-state index in [2.05, 4.69) is 0 Å². The van der Waals surface area contributed by atoms with E-state index in [4.69, 9.17) is 44.9 Å². The van der Waals surface area contributed by atoms with Crippen molar-refractivity contribution in [2.24, 2.45) is 0 Å². The second-order valence-corrected chi connectivity index (χ2v) is 7.51. The van der Waals surface area contributed by atoms with Crippen LogP contribution in [0.15, 0.2) is 39.7 Å². The Morgan fingerprint density at radius 1 is 1.32 bits per heavy atom. The molecule has 0 spiro atoms. The number of thiocarbonyl (C=S) groups is 1. The molecule has 2 aromatic rings. The highest BCUT2D eigenvalue weighted by Gasteiger charge is 2.33. The van der Waals surface area contributed by atoms with Crippen LogP contribution in [0.25, 0.3) is 17.4 Å². The molecule has 1 amide bonds. The number of carboxylic acid groups (broad SMARTS) is 1. The molecule has 1 aromatic carbocycles. The number of thioether (sulfide) groups is 1. The Kier molecular flexibility index (Phi) is 5.19. The van der Waals surface area contributed by atoms with Gasteiger partial charge in [0.1, 0.15) is 22.4 Å². The SMILES string of the molecule is O=C(O)CN1C(=O)/C(=C\c2ccc(-c3ccc(Cl)cc3Cl)o2)SC1=S. The molecule has 9 heteroatoms. The zero-order valence-electron chi connectivity index (χ0n) is 12.4. The number of rotatable bonds is 4. The van der Waals surface area contributed by atoms with Gasteiger partial charge in [-0.05, 0) is 30.3 Å². The van der Waals surface area contributed by atoms with Gasteiger partial charge in [-0.15, -0.1) is 0 Å². The van der Waals surface area contributed by atoms with Crippen molar-refractivity contribution in [2.75, 3.05) is 6.54 Å². The van der Waals surface area contributed by atoms with Crippen LogP contribution in [0.4, 0.5) is 0 Å². The van der Waals surface area contributed by atoms with Crippen LogP contribution in [-0.4, -0.2) is 32.7 Å². The normalized spacial score (nSPS) is 16.1. The minimum atomic E-state index is -1.13. The van der Waals surface area contributed by atoms with Gasteiger partial charge in [0.15, 0.2) is 0 Å². The summed E-state index contributed by atoms with van der Waals surface area (Å²) in [7, 11) is 0. The van der Waals surface area contributed by atoms with E-state index in [0.717, 1.165) is 16.7 Å². The highest BCUT2D eigenvalue weighted by atomic mass is 35.5. The maximum absolute atomic E-state index is 12.2. The molecule has 0 unspecified atom stereocenters. The van der Waals surface area contributed by atoms with Crippen molar-refractivity contribution in [3.05, 3.63) is 51.0 Å². The quantitative estimate of drug-likeness (QED) is 0.585. The molecule has 1 aromatic heterocycles. The fourth-order valence-corrected chi connectivity index (χ4v) is 3.90. The van der Waals surface area contributed by atoms with Crippen LogP contribution in [0.2, 0.25) is 10.0 Å². The number of aliphatic carboxylic acids is 1. The zero-order valence-corrected chi connectivity index (χ0v) is 15.5. The molecular formula is C16H9Cl2NO4S2. The molecule has 1 N–H and O–H groups in total. The van der Waals surface area contributed by atoms with Crippen molar-refractivity contribution < 1.29 is 19.1 Å². The average molecular weight is 414 g/mol. The Balaban J connectivity index is 1.86. The van der Waals surface area contributed by atoms with Crippen LogP contribution in [-0.2, 0) is 9.59 Å². The van der Waals surface area contributed by atoms with E-state index in [1.807, 2.05) is 0 Å². The van der Waals surface area contributed by atoms with Crippen LogP contribution < -0.4 is 0 Å². The number of carboxylic acids is 1. The van der Waals surface area contributed by atoms with Crippen LogP contribution in [0.3, 0.4) is 0 Å². The summed E-state index contributed by atoms with van der Waals surface area (Å²) in [5.41, 5.74) is 0.671. The maximum atomic E-state index is 12.2. The lowest BCUT2D eigenvalue weighted by Crippen LogP contribution is -2.33. The topological polar surface area (TPSA) is 70.8 Å². The average Bonchev–Trinajstić information content (AvgIpc) is 3.08. The summed E-state index contributed by atoms with van der Waals surface area (Å²) < 4.78 is 5.90. The molecule has 0 aliphatic carbocycles. The number of amides is 1. The highest BCUT2D eigenvalue weighted by molar-refractivity contribution is 8.26. The van der Waals surface area contributed by atoms with Gasteiger partial charge in [-0.2, -0.15) is 0 Å². The monoisotopic (exact) mass is 413 g/mol. The van der Waals surface area contributed by atoms with Crippen molar-refractivity contribution in [1.82, 2.24) is 4.90 Å². The molecule has 1 fully saturated rings. The summed E-state index contributed by atoms with van der Waals surface area (Å²) >= 11 is 18.1. The van der Waals surface area contributed by atoms with Crippen molar-refractivity contribution >= 4 is 69.5 Å². The van der Waals surface area contributed by atoms with E-state index in [9.17, 15) is 9.59 Å². The van der Waals surface area contributed by atoms with E-state index in [0.29, 0.717) is 32.0 Å². The predicted molar refractivity (Wildman–Crippen MR) is 102 cm³/mol. The van der Waals surface area contributed by atoms with Crippen molar-refractivity contribution in [1.29, 1.82) is 0 Å². The van der Waals surface area contributed by atoms with E-state index in [1.54, 1.807) is 30.3 Å². The summed E-state index contributed by atoms with van der Waals surface area (Å²) in [6, 6.07) is 8.45. The van der Waals surface area contributed by atoms with Gasteiger partial charge in [0, 0.05) is 16.7 Å². The van der Waals surface area contributed by atoms with Gasteiger partial charge in [-0.3, -0.25) is 14.5 Å². The van der Waals surface area contributed by atoms with E-state index in [-0.39, 0.29) is 4.32 Å². The number of carbonyl (C=O) groups is 2. The van der Waals surface area contributed by atoms with E-state index < -0.39 is 18.4 Å². The van der Waals surface area contributed by atoms with Crippen molar-refractivity contribution in [3.8, 4) is 11.3 Å².